The topological polar surface area (TPSA) is 62.5 Å². The molecule has 0 aliphatic carbocycles. The van der Waals surface area contributed by atoms with Crippen LogP contribution in [0.15, 0.2) is 97.1 Å². The third kappa shape index (κ3) is 5.32. The minimum absolute atomic E-state index is 0.326. The Morgan fingerprint density at radius 2 is 1.43 bits per heavy atom. The van der Waals surface area contributed by atoms with Gasteiger partial charge in [0.15, 0.2) is 0 Å². The third-order valence-electron chi connectivity index (χ3n) is 8.68. The summed E-state index contributed by atoms with van der Waals surface area (Å²) in [6.45, 7) is 7.31. The second-order valence-corrected chi connectivity index (χ2v) is 12.2. The Morgan fingerprint density at radius 3 is 2.21 bits per heavy atom. The highest BCUT2D eigenvalue weighted by Crippen LogP contribution is 2.40. The average molecular weight is 551 g/mol. The summed E-state index contributed by atoms with van der Waals surface area (Å²) in [6, 6.07) is 35.8. The van der Waals surface area contributed by atoms with Gasteiger partial charge in [-0.05, 0) is 95.5 Å². The minimum atomic E-state index is -1.00. The van der Waals surface area contributed by atoms with E-state index in [2.05, 4.69) is 78.9 Å². The molecule has 1 aliphatic rings. The normalized spacial score (nSPS) is 13.0. The van der Waals surface area contributed by atoms with Crippen LogP contribution in [-0.4, -0.2) is 23.8 Å². The SMILES string of the molecule is CC(C)(O)C(C)(C)OBc1ccc2c(c1)Oc1cc(C#N)ccc1Cc1ccc3ccccc3c1-c1ccccc1C2. The van der Waals surface area contributed by atoms with Crippen molar-refractivity contribution in [3.63, 3.8) is 0 Å². The lowest BCUT2D eigenvalue weighted by Gasteiger charge is -2.37. The Labute approximate surface area is 248 Å². The van der Waals surface area contributed by atoms with Crippen LogP contribution < -0.4 is 10.2 Å². The molecule has 0 bridgehead atoms. The van der Waals surface area contributed by atoms with Crippen LogP contribution in [0.2, 0.25) is 0 Å². The van der Waals surface area contributed by atoms with Crippen molar-refractivity contribution in [2.45, 2.75) is 51.7 Å². The highest BCUT2D eigenvalue weighted by molar-refractivity contribution is 6.47. The first-order valence-electron chi connectivity index (χ1n) is 14.4. The van der Waals surface area contributed by atoms with Crippen LogP contribution >= 0.6 is 0 Å². The second kappa shape index (κ2) is 10.8. The maximum absolute atomic E-state index is 10.6. The number of nitrogens with zero attached hydrogens (tertiary/aromatic N) is 1. The summed E-state index contributed by atoms with van der Waals surface area (Å²) in [6.07, 6.45) is 1.34. The van der Waals surface area contributed by atoms with E-state index in [9.17, 15) is 10.4 Å². The monoisotopic (exact) mass is 551 g/mol. The zero-order chi connectivity index (χ0) is 29.5. The zero-order valence-electron chi connectivity index (χ0n) is 24.6. The van der Waals surface area contributed by atoms with E-state index >= 15 is 0 Å². The molecule has 0 unspecified atom stereocenters. The summed E-state index contributed by atoms with van der Waals surface area (Å²) in [5, 5.41) is 22.7. The maximum atomic E-state index is 10.6. The van der Waals surface area contributed by atoms with Gasteiger partial charge in [0.2, 0.25) is 0 Å². The summed E-state index contributed by atoms with van der Waals surface area (Å²) in [5.74, 6) is 1.41. The van der Waals surface area contributed by atoms with Crippen molar-refractivity contribution >= 4 is 23.7 Å². The number of hydrogen-bond donors (Lipinski definition) is 1. The molecule has 0 amide bonds. The van der Waals surface area contributed by atoms with Crippen LogP contribution in [-0.2, 0) is 17.5 Å². The lowest BCUT2D eigenvalue weighted by molar-refractivity contribution is -0.0893. The fourth-order valence-electron chi connectivity index (χ4n) is 5.46. The fraction of sp³-hybridized carbons (Fsp3) is 0.216. The van der Waals surface area contributed by atoms with Crippen molar-refractivity contribution in [3.05, 3.63) is 125 Å². The molecule has 1 heterocycles. The Hall–Kier alpha value is -4.37. The molecule has 0 radical (unpaired) electrons. The van der Waals surface area contributed by atoms with E-state index in [0.717, 1.165) is 22.3 Å². The van der Waals surface area contributed by atoms with Gasteiger partial charge in [0.25, 0.3) is 0 Å². The van der Waals surface area contributed by atoms with Crippen LogP contribution in [0.5, 0.6) is 11.5 Å². The van der Waals surface area contributed by atoms with Crippen molar-refractivity contribution < 1.29 is 14.5 Å². The molecule has 0 saturated carbocycles. The zero-order valence-corrected chi connectivity index (χ0v) is 24.6. The Kier molecular flexibility index (Phi) is 7.14. The summed E-state index contributed by atoms with van der Waals surface area (Å²) in [7, 11) is 0.326. The highest BCUT2D eigenvalue weighted by Gasteiger charge is 2.35. The van der Waals surface area contributed by atoms with Crippen molar-refractivity contribution in [3.8, 4) is 28.7 Å². The molecule has 5 heteroatoms. The number of nitriles is 1. The van der Waals surface area contributed by atoms with Crippen LogP contribution in [0, 0.1) is 11.3 Å². The van der Waals surface area contributed by atoms with E-state index in [0.29, 0.717) is 31.6 Å². The minimum Gasteiger partial charge on any atom is -0.457 e. The van der Waals surface area contributed by atoms with Gasteiger partial charge in [-0.15, -0.1) is 0 Å². The van der Waals surface area contributed by atoms with E-state index < -0.39 is 11.2 Å². The van der Waals surface area contributed by atoms with Crippen LogP contribution in [0.4, 0.5) is 0 Å². The molecule has 0 fully saturated rings. The van der Waals surface area contributed by atoms with Gasteiger partial charge in [-0.25, -0.2) is 0 Å². The lowest BCUT2D eigenvalue weighted by Crippen LogP contribution is -2.49. The summed E-state index contributed by atoms with van der Waals surface area (Å²) in [4.78, 5) is 0. The van der Waals surface area contributed by atoms with Crippen LogP contribution in [0.1, 0.15) is 55.5 Å². The molecular weight excluding hydrogens is 517 g/mol. The molecule has 6 rings (SSSR count). The first-order valence-corrected chi connectivity index (χ1v) is 14.4. The standard InChI is InChI=1S/C37H34BNO3/c1-36(2,40)37(3,4)42-38-30-18-17-28-20-26-10-6-8-12-32(26)35-29(16-15-25-9-5-7-11-31(25)35)21-27-14-13-24(23-39)19-33(27)41-34(28)22-30/h5-19,22,38,40H,20-21H2,1-4H3. The molecular formula is C37H34BNO3. The maximum Gasteiger partial charge on any atom is 0.309 e. The predicted octanol–water partition coefficient (Wildman–Crippen LogP) is 7.21. The van der Waals surface area contributed by atoms with Gasteiger partial charge in [-0.2, -0.15) is 5.26 Å². The molecule has 1 aliphatic heterocycles. The first kappa shape index (κ1) is 27.8. The Morgan fingerprint density at radius 1 is 0.762 bits per heavy atom. The summed E-state index contributed by atoms with van der Waals surface area (Å²) < 4.78 is 12.9. The molecule has 0 atom stereocenters. The molecule has 1 N–H and O–H groups in total. The van der Waals surface area contributed by atoms with Gasteiger partial charge in [-0.1, -0.05) is 78.9 Å². The average Bonchev–Trinajstić information content (AvgIpc) is 2.99. The van der Waals surface area contributed by atoms with Crippen molar-refractivity contribution in [2.24, 2.45) is 0 Å². The van der Waals surface area contributed by atoms with Gasteiger partial charge in [-0.3, -0.25) is 0 Å². The van der Waals surface area contributed by atoms with E-state index in [1.54, 1.807) is 13.8 Å². The molecule has 0 saturated heterocycles. The lowest BCUT2D eigenvalue weighted by atomic mass is 9.81. The number of ether oxygens (including phenoxy) is 1. The second-order valence-electron chi connectivity index (χ2n) is 12.2. The van der Waals surface area contributed by atoms with E-state index in [-0.39, 0.29) is 0 Å². The van der Waals surface area contributed by atoms with Gasteiger partial charge in [0.05, 0.1) is 22.8 Å². The summed E-state index contributed by atoms with van der Waals surface area (Å²) in [5.41, 5.74) is 6.70. The molecule has 0 aromatic heterocycles. The smallest absolute Gasteiger partial charge is 0.309 e. The number of fused-ring (bicyclic) bond motifs is 7. The van der Waals surface area contributed by atoms with Gasteiger partial charge in [0.1, 0.15) is 11.5 Å². The molecule has 208 valence electrons. The Bertz CT molecular complexity index is 1850. The van der Waals surface area contributed by atoms with Crippen LogP contribution in [0.25, 0.3) is 21.9 Å². The predicted molar refractivity (Wildman–Crippen MR) is 171 cm³/mol. The first-order chi connectivity index (χ1) is 20.1. The molecule has 42 heavy (non-hydrogen) atoms. The van der Waals surface area contributed by atoms with Gasteiger partial charge >= 0.3 is 7.48 Å². The summed E-state index contributed by atoms with van der Waals surface area (Å²) >= 11 is 0. The number of hydrogen-bond acceptors (Lipinski definition) is 4. The molecule has 4 nitrogen and oxygen atoms in total. The van der Waals surface area contributed by atoms with Gasteiger partial charge in [0, 0.05) is 12.8 Å². The van der Waals surface area contributed by atoms with Gasteiger partial charge < -0.3 is 14.5 Å². The number of aliphatic hydroxyl groups is 1. The highest BCUT2D eigenvalue weighted by atomic mass is 16.5. The van der Waals surface area contributed by atoms with Crippen molar-refractivity contribution in [1.29, 1.82) is 5.26 Å². The molecule has 0 spiro atoms. The number of rotatable bonds is 4. The Balaban J connectivity index is 1.53. The largest absolute Gasteiger partial charge is 0.457 e. The van der Waals surface area contributed by atoms with Crippen LogP contribution in [0.3, 0.4) is 0 Å². The van der Waals surface area contributed by atoms with E-state index in [1.165, 1.54) is 33.0 Å². The fourth-order valence-corrected chi connectivity index (χ4v) is 5.46. The molecule has 5 aromatic carbocycles. The van der Waals surface area contributed by atoms with E-state index in [4.69, 9.17) is 9.39 Å². The van der Waals surface area contributed by atoms with Crippen molar-refractivity contribution in [2.75, 3.05) is 0 Å². The number of benzene rings is 5. The third-order valence-corrected chi connectivity index (χ3v) is 8.68. The van der Waals surface area contributed by atoms with E-state index in [1.807, 2.05) is 38.1 Å². The quantitative estimate of drug-likeness (QED) is 0.235. The van der Waals surface area contributed by atoms with Crippen molar-refractivity contribution in [1.82, 2.24) is 0 Å². The molecule has 5 aromatic rings.